The van der Waals surface area contributed by atoms with Gasteiger partial charge in [0, 0.05) is 16.7 Å². The van der Waals surface area contributed by atoms with Gasteiger partial charge in [-0.1, -0.05) is 25.5 Å². The highest BCUT2D eigenvalue weighted by molar-refractivity contribution is 6.01. The summed E-state index contributed by atoms with van der Waals surface area (Å²) < 4.78 is 6.08. The number of hydrogen-bond donors (Lipinski definition) is 3. The van der Waals surface area contributed by atoms with E-state index in [4.69, 9.17) is 9.84 Å². The van der Waals surface area contributed by atoms with E-state index in [-0.39, 0.29) is 29.0 Å². The lowest BCUT2D eigenvalue weighted by Crippen LogP contribution is -2.57. The van der Waals surface area contributed by atoms with Crippen LogP contribution in [0.5, 0.6) is 0 Å². The zero-order chi connectivity index (χ0) is 20.8. The van der Waals surface area contributed by atoms with Gasteiger partial charge < -0.3 is 20.1 Å². The van der Waals surface area contributed by atoms with Gasteiger partial charge in [0.25, 0.3) is 0 Å². The van der Waals surface area contributed by atoms with Crippen molar-refractivity contribution in [3.63, 3.8) is 0 Å². The van der Waals surface area contributed by atoms with E-state index in [1.165, 1.54) is 0 Å². The molecule has 9 atom stereocenters. The molecule has 6 heteroatoms. The van der Waals surface area contributed by atoms with Gasteiger partial charge in [-0.25, -0.2) is 0 Å². The van der Waals surface area contributed by atoms with Gasteiger partial charge in [0.1, 0.15) is 11.7 Å². The third kappa shape index (κ3) is 2.45. The summed E-state index contributed by atoms with van der Waals surface area (Å²) in [5.41, 5.74) is 0.0520. The zero-order valence-electron chi connectivity index (χ0n) is 17.0. The molecule has 158 valence electrons. The van der Waals surface area contributed by atoms with Crippen LogP contribution in [0.3, 0.4) is 0 Å². The number of aliphatic hydroxyl groups is 2. The van der Waals surface area contributed by atoms with Crippen LogP contribution in [0.15, 0.2) is 23.8 Å². The molecule has 0 aromatic rings. The summed E-state index contributed by atoms with van der Waals surface area (Å²) in [6, 6.07) is 0. The van der Waals surface area contributed by atoms with Crippen molar-refractivity contribution in [2.24, 2.45) is 28.6 Å². The normalized spacial score (nSPS) is 51.1. The number of carbonyl (C=O) groups is 2. The van der Waals surface area contributed by atoms with Crippen molar-refractivity contribution < 1.29 is 29.6 Å². The summed E-state index contributed by atoms with van der Waals surface area (Å²) in [5.74, 6) is -0.231. The van der Waals surface area contributed by atoms with Crippen LogP contribution in [0, 0.1) is 28.6 Å². The van der Waals surface area contributed by atoms with Crippen LogP contribution in [0.25, 0.3) is 0 Å². The molecule has 1 spiro atoms. The minimum atomic E-state index is -1.02. The summed E-state index contributed by atoms with van der Waals surface area (Å²) in [6.45, 7) is 4.33. The minimum Gasteiger partial charge on any atom is -0.481 e. The molecule has 1 aliphatic heterocycles. The number of aliphatic hydroxyl groups excluding tert-OH is 2. The van der Waals surface area contributed by atoms with Crippen LogP contribution in [0.4, 0.5) is 0 Å². The highest BCUT2D eigenvalue weighted by Crippen LogP contribution is 2.72. The number of carbonyl (C=O) groups excluding carboxylic acids is 1. The van der Waals surface area contributed by atoms with Crippen molar-refractivity contribution in [3.05, 3.63) is 23.8 Å². The van der Waals surface area contributed by atoms with Gasteiger partial charge in [0.15, 0.2) is 5.78 Å². The van der Waals surface area contributed by atoms with Crippen molar-refractivity contribution >= 4 is 11.8 Å². The molecule has 5 rings (SSSR count). The second-order valence-corrected chi connectivity index (χ2v) is 10.3. The molecule has 1 heterocycles. The lowest BCUT2D eigenvalue weighted by atomic mass is 9.46. The molecule has 29 heavy (non-hydrogen) atoms. The summed E-state index contributed by atoms with van der Waals surface area (Å²) in [7, 11) is 0. The monoisotopic (exact) mass is 402 g/mol. The Hall–Kier alpha value is -1.50. The number of epoxide rings is 1. The number of fused-ring (bicyclic) bond motifs is 6. The molecule has 3 N–H and O–H groups in total. The average molecular weight is 402 g/mol. The van der Waals surface area contributed by atoms with Crippen LogP contribution in [0.2, 0.25) is 0 Å². The molecule has 1 unspecified atom stereocenters. The van der Waals surface area contributed by atoms with Gasteiger partial charge in [-0.05, 0) is 56.1 Å². The highest BCUT2D eigenvalue weighted by Gasteiger charge is 2.76. The fourth-order valence-electron chi connectivity index (χ4n) is 7.88. The predicted octanol–water partition coefficient (Wildman–Crippen LogP) is 2.24. The molecule has 3 saturated carbocycles. The molecule has 4 fully saturated rings. The van der Waals surface area contributed by atoms with Crippen molar-refractivity contribution in [2.75, 3.05) is 0 Å². The fraction of sp³-hybridized carbons (Fsp3) is 0.739. The molecule has 4 aliphatic carbocycles. The molecule has 0 amide bonds. The zero-order valence-corrected chi connectivity index (χ0v) is 17.0. The highest BCUT2D eigenvalue weighted by atomic mass is 16.6. The fourth-order valence-corrected chi connectivity index (χ4v) is 7.88. The first-order valence-corrected chi connectivity index (χ1v) is 10.8. The maximum absolute atomic E-state index is 11.9. The Morgan fingerprint density at radius 2 is 2.10 bits per heavy atom. The van der Waals surface area contributed by atoms with E-state index in [9.17, 15) is 19.8 Å². The van der Waals surface area contributed by atoms with Gasteiger partial charge in [-0.2, -0.15) is 0 Å². The first-order chi connectivity index (χ1) is 13.6. The van der Waals surface area contributed by atoms with Crippen molar-refractivity contribution in [3.8, 4) is 0 Å². The van der Waals surface area contributed by atoms with Crippen molar-refractivity contribution in [2.45, 2.75) is 76.3 Å². The van der Waals surface area contributed by atoms with Gasteiger partial charge in [0.05, 0.1) is 18.6 Å². The maximum atomic E-state index is 11.9. The van der Waals surface area contributed by atoms with E-state index in [1.54, 1.807) is 12.2 Å². The smallest absolute Gasteiger partial charge is 0.306 e. The van der Waals surface area contributed by atoms with Gasteiger partial charge in [-0.3, -0.25) is 9.59 Å². The van der Waals surface area contributed by atoms with Gasteiger partial charge in [0.2, 0.25) is 0 Å². The number of ether oxygens (including phenoxy) is 1. The third-order valence-electron chi connectivity index (χ3n) is 9.15. The number of rotatable bonds is 3. The van der Waals surface area contributed by atoms with Crippen LogP contribution in [0.1, 0.15) is 52.4 Å². The molecule has 1 saturated heterocycles. The summed E-state index contributed by atoms with van der Waals surface area (Å²) in [4.78, 5) is 22.9. The number of carboxylic acid groups (broad SMARTS) is 1. The van der Waals surface area contributed by atoms with Crippen LogP contribution < -0.4 is 0 Å². The van der Waals surface area contributed by atoms with E-state index < -0.39 is 29.9 Å². The Labute approximate surface area is 170 Å². The molecule has 0 aromatic heterocycles. The number of ketones is 1. The SMILES string of the molecule is C[C@]12C=CC(=O)C=C1CC[C@@H]1[C@@H]2[C@@H](O)C[C@@]2(C)[C@H]1CC[C@@]21O[C@H]1C(O)CC(=O)O. The van der Waals surface area contributed by atoms with Crippen LogP contribution in [-0.4, -0.2) is 51.0 Å². The molecular weight excluding hydrogens is 372 g/mol. The van der Waals surface area contributed by atoms with Crippen molar-refractivity contribution in [1.82, 2.24) is 0 Å². The predicted molar refractivity (Wildman–Crippen MR) is 104 cm³/mol. The number of aliphatic carboxylic acids is 1. The topological polar surface area (TPSA) is 107 Å². The molecule has 0 bridgehead atoms. The van der Waals surface area contributed by atoms with E-state index in [2.05, 4.69) is 13.8 Å². The second-order valence-electron chi connectivity index (χ2n) is 10.3. The lowest BCUT2D eigenvalue weighted by molar-refractivity contribution is -0.139. The summed E-state index contributed by atoms with van der Waals surface area (Å²) >= 11 is 0. The second kappa shape index (κ2) is 6.02. The maximum Gasteiger partial charge on any atom is 0.306 e. The molecule has 5 aliphatic rings. The van der Waals surface area contributed by atoms with E-state index >= 15 is 0 Å². The summed E-state index contributed by atoms with van der Waals surface area (Å²) in [6.07, 6.45) is 7.27. The van der Waals surface area contributed by atoms with Gasteiger partial charge >= 0.3 is 5.97 Å². The molecule has 0 aromatic carbocycles. The van der Waals surface area contributed by atoms with E-state index in [1.807, 2.05) is 6.08 Å². The largest absolute Gasteiger partial charge is 0.481 e. The van der Waals surface area contributed by atoms with Crippen LogP contribution in [-0.2, 0) is 14.3 Å². The number of carboxylic acids is 1. The summed E-state index contributed by atoms with van der Waals surface area (Å²) in [5, 5.41) is 30.8. The van der Waals surface area contributed by atoms with Gasteiger partial charge in [-0.15, -0.1) is 0 Å². The quantitative estimate of drug-likeness (QED) is 0.625. The Morgan fingerprint density at radius 3 is 2.83 bits per heavy atom. The lowest BCUT2D eigenvalue weighted by Gasteiger charge is -2.58. The first kappa shape index (κ1) is 19.5. The number of hydrogen-bond acceptors (Lipinski definition) is 5. The Morgan fingerprint density at radius 1 is 1.34 bits per heavy atom. The van der Waals surface area contributed by atoms with Crippen molar-refractivity contribution in [1.29, 1.82) is 0 Å². The Kier molecular flexibility index (Phi) is 4.04. The van der Waals surface area contributed by atoms with E-state index in [0.717, 1.165) is 31.3 Å². The minimum absolute atomic E-state index is 0.0347. The molecular formula is C23H30O6. The Bertz CT molecular complexity index is 831. The van der Waals surface area contributed by atoms with E-state index in [0.29, 0.717) is 18.3 Å². The number of allylic oxidation sites excluding steroid dienone is 4. The standard InChI is InChI=1S/C23H30O6/c1-21-7-5-13(24)9-12(21)3-4-14-15-6-8-23(20(29-23)16(25)10-18(27)28)22(15,2)11-17(26)19(14)21/h5,7,9,14-17,19-20,25-26H,3-4,6,8,10-11H2,1-2H3,(H,27,28)/t14-,15-,16?,17-,19+,20-,21-,22-,23-/m0/s1. The molecule has 6 nitrogen and oxygen atoms in total. The first-order valence-electron chi connectivity index (χ1n) is 10.8. The van der Waals surface area contributed by atoms with Crippen LogP contribution >= 0.6 is 0 Å². The molecule has 0 radical (unpaired) electrons. The Balaban J connectivity index is 1.45. The third-order valence-corrected chi connectivity index (χ3v) is 9.15. The average Bonchev–Trinajstić information content (AvgIpc) is 3.30.